The van der Waals surface area contributed by atoms with Crippen LogP contribution in [0.3, 0.4) is 0 Å². The molecule has 0 spiro atoms. The number of halogens is 1. The second-order valence-electron chi connectivity index (χ2n) is 9.77. The number of aryl methyl sites for hydroxylation is 1. The number of primary amides is 1. The van der Waals surface area contributed by atoms with Gasteiger partial charge >= 0.3 is 0 Å². The van der Waals surface area contributed by atoms with Crippen molar-refractivity contribution in [2.45, 2.75) is 45.1 Å². The number of fused-ring (bicyclic) bond motifs is 1. The first-order valence-electron chi connectivity index (χ1n) is 12.9. The third-order valence-electron chi connectivity index (χ3n) is 7.01. The number of benzene rings is 1. The molecule has 0 aliphatic carbocycles. The number of piperidine rings is 1. The summed E-state index contributed by atoms with van der Waals surface area (Å²) < 4.78 is 20.9. The third-order valence-corrected chi connectivity index (χ3v) is 7.01. The number of carbonyl (C=O) groups excluding carboxylic acids is 1. The van der Waals surface area contributed by atoms with Crippen molar-refractivity contribution in [3.63, 3.8) is 0 Å². The number of alkyl halides is 1. The molecule has 2 aromatic heterocycles. The zero-order chi connectivity index (χ0) is 26.8. The molecule has 2 unspecified atom stereocenters. The fourth-order valence-electron chi connectivity index (χ4n) is 5.02. The number of amidine groups is 1. The number of likely N-dealkylation sites (N-methyl/N-ethyl adjacent to an activating group) is 1. The number of hydrogen-bond acceptors (Lipinski definition) is 8. The number of ether oxygens (including phenoxy) is 1. The minimum atomic E-state index is -1.14. The van der Waals surface area contributed by atoms with Crippen molar-refractivity contribution < 1.29 is 13.9 Å². The van der Waals surface area contributed by atoms with Gasteiger partial charge in [-0.1, -0.05) is 6.07 Å². The minimum Gasteiger partial charge on any atom is -0.364 e. The number of nitrogens with two attached hydrogens (primary N) is 1. The lowest BCUT2D eigenvalue weighted by Gasteiger charge is -2.39. The number of likely N-dealkylation sites (tertiary alicyclic amines) is 1. The molecule has 11 heteroatoms. The van der Waals surface area contributed by atoms with Crippen LogP contribution in [-0.2, 0) is 16.6 Å². The number of aliphatic imine (C=N–C) groups is 1. The van der Waals surface area contributed by atoms with Gasteiger partial charge in [0.05, 0.1) is 35.7 Å². The van der Waals surface area contributed by atoms with E-state index in [0.29, 0.717) is 24.0 Å². The van der Waals surface area contributed by atoms with E-state index in [1.165, 1.54) is 12.5 Å². The monoisotopic (exact) mass is 520 g/mol. The molecule has 0 radical (unpaired) electrons. The molecule has 4 heterocycles. The summed E-state index contributed by atoms with van der Waals surface area (Å²) >= 11 is 0. The highest BCUT2D eigenvalue weighted by atomic mass is 19.1. The van der Waals surface area contributed by atoms with Gasteiger partial charge in [-0.15, -0.1) is 0 Å². The number of hydrogen-bond donors (Lipinski definition) is 1. The molecule has 10 nitrogen and oxygen atoms in total. The fraction of sp³-hybridized carbons (Fsp3) is 0.444. The molecule has 2 N–H and O–H groups in total. The van der Waals surface area contributed by atoms with Crippen LogP contribution in [0.15, 0.2) is 53.6 Å². The van der Waals surface area contributed by atoms with E-state index < -0.39 is 18.4 Å². The van der Waals surface area contributed by atoms with Crippen molar-refractivity contribution in [2.24, 2.45) is 17.8 Å². The predicted molar refractivity (Wildman–Crippen MR) is 143 cm³/mol. The Morgan fingerprint density at radius 2 is 2.03 bits per heavy atom. The topological polar surface area (TPSA) is 115 Å². The zero-order valence-corrected chi connectivity index (χ0v) is 21.9. The first kappa shape index (κ1) is 25.8. The van der Waals surface area contributed by atoms with E-state index in [1.807, 2.05) is 26.2 Å². The molecule has 2 atom stereocenters. The molecule has 200 valence electrons. The predicted octanol–water partition coefficient (Wildman–Crippen LogP) is 2.97. The summed E-state index contributed by atoms with van der Waals surface area (Å²) in [7, 11) is 1.88. The largest absolute Gasteiger partial charge is 0.364 e. The number of amides is 1. The van der Waals surface area contributed by atoms with Crippen LogP contribution >= 0.6 is 0 Å². The van der Waals surface area contributed by atoms with Crippen LogP contribution in [0, 0.1) is 0 Å². The molecular weight excluding hydrogens is 487 g/mol. The molecule has 1 fully saturated rings. The highest BCUT2D eigenvalue weighted by Crippen LogP contribution is 2.31. The van der Waals surface area contributed by atoms with Gasteiger partial charge in [0.15, 0.2) is 0 Å². The molecule has 2 aliphatic heterocycles. The van der Waals surface area contributed by atoms with Gasteiger partial charge in [0.25, 0.3) is 5.91 Å². The van der Waals surface area contributed by atoms with Crippen LogP contribution in [0.25, 0.3) is 22.3 Å². The maximum Gasteiger partial charge on any atom is 0.265 e. The van der Waals surface area contributed by atoms with Gasteiger partial charge in [0.1, 0.15) is 17.7 Å². The summed E-state index contributed by atoms with van der Waals surface area (Å²) in [4.78, 5) is 30.1. The molecule has 0 bridgehead atoms. The lowest BCUT2D eigenvalue weighted by Crippen LogP contribution is -2.47. The van der Waals surface area contributed by atoms with Crippen LogP contribution < -0.4 is 5.73 Å². The highest BCUT2D eigenvalue weighted by Gasteiger charge is 2.31. The Bertz CT molecular complexity index is 1380. The fourth-order valence-corrected chi connectivity index (χ4v) is 5.02. The van der Waals surface area contributed by atoms with Gasteiger partial charge in [0, 0.05) is 44.5 Å². The second-order valence-corrected chi connectivity index (χ2v) is 9.77. The summed E-state index contributed by atoms with van der Waals surface area (Å²) in [6, 6.07) is 6.29. The van der Waals surface area contributed by atoms with Gasteiger partial charge < -0.3 is 20.3 Å². The van der Waals surface area contributed by atoms with Gasteiger partial charge in [-0.2, -0.15) is 5.10 Å². The molecule has 5 rings (SSSR count). The van der Waals surface area contributed by atoms with Crippen LogP contribution in [0.1, 0.15) is 38.2 Å². The summed E-state index contributed by atoms with van der Waals surface area (Å²) in [5, 5.41) is 4.23. The minimum absolute atomic E-state index is 0.112. The first-order valence-corrected chi connectivity index (χ1v) is 12.9. The van der Waals surface area contributed by atoms with Crippen molar-refractivity contribution in [3.8, 4) is 11.3 Å². The number of aromatic nitrogens is 4. The molecule has 38 heavy (non-hydrogen) atoms. The molecule has 1 saturated heterocycles. The SMILES string of the molecule is CCN1C(C(N)=O)=CC(N2CCC(c3ccc4ncc(-c5cnn(C)c5)nc4c3)CC2)=NC1OCC(C)F. The summed E-state index contributed by atoms with van der Waals surface area (Å²) in [5.74, 6) is 0.442. The molecular formula is C27H33FN8O2. The molecule has 2 aliphatic rings. The Morgan fingerprint density at radius 3 is 2.68 bits per heavy atom. The van der Waals surface area contributed by atoms with Gasteiger partial charge in [-0.25, -0.2) is 14.4 Å². The van der Waals surface area contributed by atoms with Crippen LogP contribution in [0.2, 0.25) is 0 Å². The quantitative estimate of drug-likeness (QED) is 0.509. The summed E-state index contributed by atoms with van der Waals surface area (Å²) in [6.07, 6.45) is 7.10. The van der Waals surface area contributed by atoms with E-state index >= 15 is 0 Å². The molecule has 1 amide bonds. The Balaban J connectivity index is 1.32. The van der Waals surface area contributed by atoms with Crippen molar-refractivity contribution in [3.05, 3.63) is 54.1 Å². The molecule has 1 aromatic carbocycles. The lowest BCUT2D eigenvalue weighted by atomic mass is 9.89. The van der Waals surface area contributed by atoms with Crippen molar-refractivity contribution >= 4 is 22.8 Å². The molecule has 3 aromatic rings. The van der Waals surface area contributed by atoms with Gasteiger partial charge in [-0.05, 0) is 50.3 Å². The first-order chi connectivity index (χ1) is 18.3. The summed E-state index contributed by atoms with van der Waals surface area (Å²) in [5.41, 5.74) is 10.7. The number of rotatable bonds is 7. The van der Waals surface area contributed by atoms with E-state index in [4.69, 9.17) is 20.4 Å². The Morgan fingerprint density at radius 1 is 1.24 bits per heavy atom. The zero-order valence-electron chi connectivity index (χ0n) is 21.9. The number of nitrogens with zero attached hydrogens (tertiary/aromatic N) is 7. The van der Waals surface area contributed by atoms with E-state index in [1.54, 1.807) is 28.1 Å². The second kappa shape index (κ2) is 10.9. The van der Waals surface area contributed by atoms with E-state index in [9.17, 15) is 9.18 Å². The van der Waals surface area contributed by atoms with Crippen LogP contribution in [0.4, 0.5) is 4.39 Å². The Hall–Kier alpha value is -3.86. The average molecular weight is 521 g/mol. The number of carbonyl (C=O) groups is 1. The smallest absolute Gasteiger partial charge is 0.265 e. The van der Waals surface area contributed by atoms with E-state index in [0.717, 1.165) is 48.2 Å². The van der Waals surface area contributed by atoms with Crippen molar-refractivity contribution in [1.82, 2.24) is 29.5 Å². The van der Waals surface area contributed by atoms with Gasteiger partial charge in [0.2, 0.25) is 6.35 Å². The Kier molecular flexibility index (Phi) is 7.37. The van der Waals surface area contributed by atoms with Crippen molar-refractivity contribution in [2.75, 3.05) is 26.2 Å². The maximum absolute atomic E-state index is 13.5. The van der Waals surface area contributed by atoms with Gasteiger partial charge in [-0.3, -0.25) is 14.5 Å². The summed E-state index contributed by atoms with van der Waals surface area (Å²) in [6.45, 7) is 5.17. The average Bonchev–Trinajstić information content (AvgIpc) is 3.36. The maximum atomic E-state index is 13.5. The van der Waals surface area contributed by atoms with E-state index in [-0.39, 0.29) is 6.61 Å². The Labute approximate surface area is 221 Å². The normalized spacial score (nSPS) is 19.4. The van der Waals surface area contributed by atoms with Crippen LogP contribution in [0.5, 0.6) is 0 Å². The van der Waals surface area contributed by atoms with E-state index in [2.05, 4.69) is 27.1 Å². The standard InChI is InChI=1S/C27H33FN8O2/c1-4-36-24(26(29)37)12-25(33-27(36)38-16-17(2)28)35-9-7-18(8-10-35)19-5-6-21-22(11-19)32-23(14-30-21)20-13-31-34(3)15-20/h5-6,11-15,17-18,27H,4,7-10,16H2,1-3H3,(H2,29,37). The van der Waals surface area contributed by atoms with Crippen LogP contribution in [-0.4, -0.2) is 80.1 Å². The lowest BCUT2D eigenvalue weighted by molar-refractivity contribution is -0.119. The van der Waals surface area contributed by atoms with Crippen molar-refractivity contribution in [1.29, 1.82) is 0 Å². The third kappa shape index (κ3) is 5.38. The highest BCUT2D eigenvalue weighted by molar-refractivity contribution is 6.03. The molecule has 0 saturated carbocycles.